The monoisotopic (exact) mass is 491 g/mol. The highest BCUT2D eigenvalue weighted by molar-refractivity contribution is 7.14. The van der Waals surface area contributed by atoms with Crippen LogP contribution in [0.5, 0.6) is 0 Å². The fraction of sp³-hybridized carbons (Fsp3) is 0.308. The molecule has 5 rings (SSSR count). The summed E-state index contributed by atoms with van der Waals surface area (Å²) in [7, 11) is 0. The lowest BCUT2D eigenvalue weighted by molar-refractivity contribution is -0.137. The summed E-state index contributed by atoms with van der Waals surface area (Å²) in [6.07, 6.45) is 1.45. The number of ether oxygens (including phenoxy) is 1. The molecule has 1 atom stereocenters. The van der Waals surface area contributed by atoms with Gasteiger partial charge in [-0.1, -0.05) is 48.5 Å². The minimum absolute atomic E-state index is 0.0279. The molecule has 2 aliphatic rings. The third kappa shape index (κ3) is 4.77. The van der Waals surface area contributed by atoms with Crippen molar-refractivity contribution in [1.82, 2.24) is 9.88 Å². The number of carboxylic acid groups (broad SMARTS) is 1. The van der Waals surface area contributed by atoms with Gasteiger partial charge in [-0.3, -0.25) is 14.9 Å². The molecule has 2 amide bonds. The molecule has 2 N–H and O–H groups in total. The molecule has 180 valence electrons. The van der Waals surface area contributed by atoms with Gasteiger partial charge in [0.05, 0.1) is 0 Å². The van der Waals surface area contributed by atoms with Gasteiger partial charge in [-0.15, -0.1) is 11.3 Å². The second-order valence-electron chi connectivity index (χ2n) is 8.72. The Morgan fingerprint density at radius 2 is 1.77 bits per heavy atom. The number of anilines is 1. The van der Waals surface area contributed by atoms with Crippen molar-refractivity contribution < 1.29 is 24.2 Å². The number of hydrogen-bond donors (Lipinski definition) is 2. The van der Waals surface area contributed by atoms with Gasteiger partial charge in [0.2, 0.25) is 0 Å². The number of fused-ring (bicyclic) bond motifs is 3. The summed E-state index contributed by atoms with van der Waals surface area (Å²) in [4.78, 5) is 42.3. The van der Waals surface area contributed by atoms with E-state index >= 15 is 0 Å². The van der Waals surface area contributed by atoms with Crippen LogP contribution in [-0.2, 0) is 9.53 Å². The molecule has 1 saturated heterocycles. The third-order valence-electron chi connectivity index (χ3n) is 6.61. The number of thiazole rings is 1. The largest absolute Gasteiger partial charge is 0.481 e. The number of aromatic nitrogens is 1. The minimum Gasteiger partial charge on any atom is -0.481 e. The number of benzene rings is 2. The Morgan fingerprint density at radius 1 is 1.09 bits per heavy atom. The maximum absolute atomic E-state index is 12.9. The number of nitrogens with zero attached hydrogens (tertiary/aromatic N) is 2. The molecule has 0 spiro atoms. The van der Waals surface area contributed by atoms with Crippen LogP contribution in [0.3, 0.4) is 0 Å². The van der Waals surface area contributed by atoms with Crippen molar-refractivity contribution in [3.8, 4) is 11.1 Å². The number of carbonyl (C=O) groups is 3. The van der Waals surface area contributed by atoms with Crippen molar-refractivity contribution in [2.45, 2.75) is 37.6 Å². The number of carbonyl (C=O) groups excluding carboxylic acids is 2. The van der Waals surface area contributed by atoms with Crippen molar-refractivity contribution in [2.24, 2.45) is 0 Å². The van der Waals surface area contributed by atoms with Crippen LogP contribution in [0, 0.1) is 0 Å². The molecule has 9 heteroatoms. The topological polar surface area (TPSA) is 109 Å². The molecule has 1 aliphatic carbocycles. The molecule has 8 nitrogen and oxygen atoms in total. The zero-order chi connectivity index (χ0) is 24.4. The molecule has 1 fully saturated rings. The molecule has 0 radical (unpaired) electrons. The number of amides is 2. The van der Waals surface area contributed by atoms with Crippen LogP contribution in [0.25, 0.3) is 11.1 Å². The van der Waals surface area contributed by atoms with Crippen molar-refractivity contribution in [3.63, 3.8) is 0 Å². The van der Waals surface area contributed by atoms with Crippen LogP contribution in [0.4, 0.5) is 9.93 Å². The smallest absolute Gasteiger partial charge is 0.413 e. The number of rotatable bonds is 7. The van der Waals surface area contributed by atoms with E-state index in [1.165, 1.54) is 0 Å². The summed E-state index contributed by atoms with van der Waals surface area (Å²) in [6, 6.07) is 16.1. The zero-order valence-electron chi connectivity index (χ0n) is 19.0. The normalized spacial score (nSPS) is 16.6. The van der Waals surface area contributed by atoms with E-state index in [1.54, 1.807) is 10.3 Å². The van der Waals surface area contributed by atoms with Gasteiger partial charge < -0.3 is 14.7 Å². The third-order valence-corrected chi connectivity index (χ3v) is 7.36. The Hall–Kier alpha value is -3.72. The predicted octanol–water partition coefficient (Wildman–Crippen LogP) is 4.97. The maximum Gasteiger partial charge on any atom is 0.413 e. The standard InChI is InChI=1S/C26H25N3O5S/c30-23(31)12-11-16-6-5-13-29(16)24(32)22-15-35-25(27-22)28-26(33)34-14-21-19-9-3-1-7-17(19)18-8-2-4-10-20(18)21/h1-4,7-10,15-16,21H,5-6,11-14H2,(H,30,31)(H,27,28,33). The Balaban J connectivity index is 1.20. The van der Waals surface area contributed by atoms with Crippen LogP contribution in [0.15, 0.2) is 53.9 Å². The quantitative estimate of drug-likeness (QED) is 0.483. The zero-order valence-corrected chi connectivity index (χ0v) is 19.8. The first-order chi connectivity index (χ1) is 17.0. The first-order valence-electron chi connectivity index (χ1n) is 11.6. The second kappa shape index (κ2) is 9.87. The first kappa shape index (κ1) is 23.0. The molecule has 0 saturated carbocycles. The SMILES string of the molecule is O=C(O)CCC1CCCN1C(=O)c1csc(NC(=O)OCC2c3ccccc3-c3ccccc32)n1. The van der Waals surface area contributed by atoms with Gasteiger partial charge in [0.25, 0.3) is 5.91 Å². The Morgan fingerprint density at radius 3 is 2.46 bits per heavy atom. The summed E-state index contributed by atoms with van der Waals surface area (Å²) in [5.41, 5.74) is 4.82. The molecule has 2 heterocycles. The number of hydrogen-bond acceptors (Lipinski definition) is 6. The van der Waals surface area contributed by atoms with Gasteiger partial charge in [0.15, 0.2) is 5.13 Å². The van der Waals surface area contributed by atoms with Crippen LogP contribution in [0.1, 0.15) is 53.2 Å². The van der Waals surface area contributed by atoms with E-state index in [-0.39, 0.29) is 41.7 Å². The van der Waals surface area contributed by atoms with Crippen molar-refractivity contribution in [2.75, 3.05) is 18.5 Å². The highest BCUT2D eigenvalue weighted by atomic mass is 32.1. The lowest BCUT2D eigenvalue weighted by Gasteiger charge is -2.23. The fourth-order valence-electron chi connectivity index (χ4n) is 4.99. The van der Waals surface area contributed by atoms with E-state index in [1.807, 2.05) is 24.3 Å². The second-order valence-corrected chi connectivity index (χ2v) is 9.57. The van der Waals surface area contributed by atoms with Crippen LogP contribution in [0.2, 0.25) is 0 Å². The molecular formula is C26H25N3O5S. The Labute approximate surface area is 206 Å². The molecule has 2 aromatic carbocycles. The molecule has 1 unspecified atom stereocenters. The summed E-state index contributed by atoms with van der Waals surface area (Å²) >= 11 is 1.16. The van der Waals surface area contributed by atoms with E-state index in [9.17, 15) is 14.4 Å². The van der Waals surface area contributed by atoms with Gasteiger partial charge in [0.1, 0.15) is 12.3 Å². The summed E-state index contributed by atoms with van der Waals surface area (Å²) in [5.74, 6) is -1.15. The summed E-state index contributed by atoms with van der Waals surface area (Å²) in [6.45, 7) is 0.770. The summed E-state index contributed by atoms with van der Waals surface area (Å²) in [5, 5.41) is 13.5. The molecule has 1 aliphatic heterocycles. The average molecular weight is 492 g/mol. The predicted molar refractivity (Wildman–Crippen MR) is 132 cm³/mol. The lowest BCUT2D eigenvalue weighted by Crippen LogP contribution is -2.36. The Kier molecular flexibility index (Phi) is 6.50. The van der Waals surface area contributed by atoms with E-state index in [0.29, 0.717) is 13.0 Å². The van der Waals surface area contributed by atoms with E-state index in [0.717, 1.165) is 46.4 Å². The number of nitrogens with one attached hydrogen (secondary N) is 1. The van der Waals surface area contributed by atoms with Gasteiger partial charge in [-0.25, -0.2) is 9.78 Å². The molecule has 3 aromatic rings. The van der Waals surface area contributed by atoms with Crippen LogP contribution < -0.4 is 5.32 Å². The fourth-order valence-corrected chi connectivity index (χ4v) is 5.66. The highest BCUT2D eigenvalue weighted by Gasteiger charge is 2.31. The highest BCUT2D eigenvalue weighted by Crippen LogP contribution is 2.44. The maximum atomic E-state index is 12.9. The molecular weight excluding hydrogens is 466 g/mol. The van der Waals surface area contributed by atoms with Gasteiger partial charge in [0, 0.05) is 30.3 Å². The molecule has 35 heavy (non-hydrogen) atoms. The molecule has 1 aromatic heterocycles. The first-order valence-corrected chi connectivity index (χ1v) is 12.5. The van der Waals surface area contributed by atoms with E-state index < -0.39 is 12.1 Å². The Bertz CT molecular complexity index is 1230. The van der Waals surface area contributed by atoms with Crippen LogP contribution >= 0.6 is 11.3 Å². The van der Waals surface area contributed by atoms with E-state index in [2.05, 4.69) is 34.6 Å². The van der Waals surface area contributed by atoms with Gasteiger partial charge in [-0.05, 0) is 41.5 Å². The van der Waals surface area contributed by atoms with Crippen LogP contribution in [-0.4, -0.2) is 52.2 Å². The molecule has 0 bridgehead atoms. The number of aliphatic carboxylic acids is 1. The lowest BCUT2D eigenvalue weighted by atomic mass is 9.98. The van der Waals surface area contributed by atoms with Gasteiger partial charge >= 0.3 is 12.1 Å². The summed E-state index contributed by atoms with van der Waals surface area (Å²) < 4.78 is 5.55. The van der Waals surface area contributed by atoms with Crippen molar-refractivity contribution >= 4 is 34.4 Å². The average Bonchev–Trinajstić information content (AvgIpc) is 3.59. The van der Waals surface area contributed by atoms with Crippen molar-refractivity contribution in [3.05, 3.63) is 70.7 Å². The van der Waals surface area contributed by atoms with Gasteiger partial charge in [-0.2, -0.15) is 0 Å². The number of likely N-dealkylation sites (tertiary alicyclic amines) is 1. The van der Waals surface area contributed by atoms with E-state index in [4.69, 9.17) is 9.84 Å². The van der Waals surface area contributed by atoms with Crippen molar-refractivity contribution in [1.29, 1.82) is 0 Å². The number of carboxylic acids is 1. The minimum atomic E-state index is -0.868.